The van der Waals surface area contributed by atoms with Gasteiger partial charge in [0.2, 0.25) is 16.9 Å². The third-order valence-electron chi connectivity index (χ3n) is 6.42. The molecule has 8 nitrogen and oxygen atoms in total. The van der Waals surface area contributed by atoms with Crippen LogP contribution < -0.4 is 10.6 Å². The van der Waals surface area contributed by atoms with Crippen molar-refractivity contribution in [2.75, 3.05) is 24.2 Å². The molecule has 5 rings (SSSR count). The van der Waals surface area contributed by atoms with Gasteiger partial charge in [0.15, 0.2) is 4.34 Å². The van der Waals surface area contributed by atoms with Crippen LogP contribution >= 0.6 is 23.1 Å². The molecule has 0 radical (unpaired) electrons. The van der Waals surface area contributed by atoms with Crippen molar-refractivity contribution in [2.24, 2.45) is 23.2 Å². The average molecular weight is 453 g/mol. The number of carbonyl (C=O) groups excluding carboxylic acids is 3. The Bertz CT molecular complexity index is 777. The molecule has 1 heterocycles. The molecule has 0 saturated heterocycles. The minimum absolute atomic E-state index is 0.0324. The number of carbonyl (C=O) groups is 3. The summed E-state index contributed by atoms with van der Waals surface area (Å²) in [4.78, 5) is 36.1. The number of amides is 2. The lowest BCUT2D eigenvalue weighted by Gasteiger charge is -2.56. The van der Waals surface area contributed by atoms with Crippen LogP contribution in [0.15, 0.2) is 4.34 Å². The minimum atomic E-state index is -0.327. The molecule has 0 spiro atoms. The first-order valence-corrected chi connectivity index (χ1v) is 12.4. The number of anilines is 1. The lowest BCUT2D eigenvalue weighted by molar-refractivity contribution is -0.139. The number of aromatic nitrogens is 2. The molecule has 4 aliphatic rings. The van der Waals surface area contributed by atoms with E-state index in [-0.39, 0.29) is 35.5 Å². The summed E-state index contributed by atoms with van der Waals surface area (Å²) in [6, 6.07) is 0. The predicted octanol–water partition coefficient (Wildman–Crippen LogP) is 2.85. The number of thioether (sulfide) groups is 1. The highest BCUT2D eigenvalue weighted by Crippen LogP contribution is 2.61. The molecular formula is C20H28N4O4S2. The standard InChI is InChI=1S/C20H28N4O4S2/c1-2-28-17(27)11-29-19-24-23-18(30-19)22-16(26)10-21-15(25)9-20-6-12-3-13(7-20)5-14(4-12)8-20/h12-14H,2-11H2,1H3,(H,21,25)(H,22,23,26). The Kier molecular flexibility index (Phi) is 6.62. The van der Waals surface area contributed by atoms with E-state index < -0.39 is 0 Å². The van der Waals surface area contributed by atoms with Gasteiger partial charge < -0.3 is 10.1 Å². The second kappa shape index (κ2) is 9.21. The Balaban J connectivity index is 1.19. The molecule has 2 N–H and O–H groups in total. The van der Waals surface area contributed by atoms with E-state index in [0.717, 1.165) is 17.8 Å². The maximum Gasteiger partial charge on any atom is 0.316 e. The van der Waals surface area contributed by atoms with Gasteiger partial charge in [0.1, 0.15) is 0 Å². The van der Waals surface area contributed by atoms with Crippen molar-refractivity contribution in [3.05, 3.63) is 0 Å². The molecule has 4 bridgehead atoms. The monoisotopic (exact) mass is 452 g/mol. The first kappa shape index (κ1) is 21.5. The lowest BCUT2D eigenvalue weighted by atomic mass is 9.49. The zero-order valence-electron chi connectivity index (χ0n) is 17.1. The summed E-state index contributed by atoms with van der Waals surface area (Å²) < 4.78 is 5.44. The molecule has 0 atom stereocenters. The molecule has 4 aliphatic carbocycles. The number of rotatable bonds is 9. The van der Waals surface area contributed by atoms with Gasteiger partial charge in [-0.15, -0.1) is 10.2 Å². The van der Waals surface area contributed by atoms with Gasteiger partial charge in [0.05, 0.1) is 18.9 Å². The molecule has 30 heavy (non-hydrogen) atoms. The average Bonchev–Trinajstić information content (AvgIpc) is 3.11. The maximum atomic E-state index is 12.5. The van der Waals surface area contributed by atoms with Gasteiger partial charge in [0, 0.05) is 6.42 Å². The number of esters is 1. The molecule has 2 amide bonds. The van der Waals surface area contributed by atoms with Crippen molar-refractivity contribution in [2.45, 2.75) is 56.2 Å². The van der Waals surface area contributed by atoms with Crippen LogP contribution in [0.3, 0.4) is 0 Å². The fourth-order valence-electron chi connectivity index (χ4n) is 5.89. The molecule has 1 aromatic rings. The van der Waals surface area contributed by atoms with Crippen LogP contribution in [0.5, 0.6) is 0 Å². The van der Waals surface area contributed by atoms with E-state index in [4.69, 9.17) is 4.74 Å². The molecule has 1 aromatic heterocycles. The molecular weight excluding hydrogens is 424 g/mol. The van der Waals surface area contributed by atoms with Crippen molar-refractivity contribution < 1.29 is 19.1 Å². The van der Waals surface area contributed by atoms with Gasteiger partial charge in [0.25, 0.3) is 0 Å². The van der Waals surface area contributed by atoms with E-state index in [0.29, 0.717) is 22.5 Å². The van der Waals surface area contributed by atoms with Gasteiger partial charge in [-0.05, 0) is 68.6 Å². The summed E-state index contributed by atoms with van der Waals surface area (Å²) in [5.41, 5.74) is 0.166. The van der Waals surface area contributed by atoms with Crippen molar-refractivity contribution >= 4 is 46.0 Å². The van der Waals surface area contributed by atoms with Crippen LogP contribution in [0.2, 0.25) is 0 Å². The quantitative estimate of drug-likeness (QED) is 0.337. The first-order chi connectivity index (χ1) is 14.4. The Morgan fingerprint density at radius 1 is 1.10 bits per heavy atom. The van der Waals surface area contributed by atoms with E-state index in [9.17, 15) is 14.4 Å². The third-order valence-corrected chi connectivity index (χ3v) is 8.36. The number of nitrogens with one attached hydrogen (secondary N) is 2. The summed E-state index contributed by atoms with van der Waals surface area (Å²) >= 11 is 2.40. The summed E-state index contributed by atoms with van der Waals surface area (Å²) in [5.74, 6) is 1.89. The Hall–Kier alpha value is -1.68. The second-order valence-electron chi connectivity index (χ2n) is 8.89. The number of nitrogens with zero attached hydrogens (tertiary/aromatic N) is 2. The molecule has 4 saturated carbocycles. The van der Waals surface area contributed by atoms with E-state index in [1.54, 1.807) is 6.92 Å². The number of hydrogen-bond donors (Lipinski definition) is 2. The van der Waals surface area contributed by atoms with Crippen LogP contribution in [0.4, 0.5) is 5.13 Å². The maximum absolute atomic E-state index is 12.5. The second-order valence-corrected chi connectivity index (χ2v) is 11.1. The number of hydrogen-bond acceptors (Lipinski definition) is 8. The highest BCUT2D eigenvalue weighted by Gasteiger charge is 2.51. The Morgan fingerprint density at radius 2 is 1.77 bits per heavy atom. The smallest absolute Gasteiger partial charge is 0.316 e. The zero-order chi connectivity index (χ0) is 21.1. The highest BCUT2D eigenvalue weighted by molar-refractivity contribution is 8.01. The summed E-state index contributed by atoms with van der Waals surface area (Å²) in [5, 5.41) is 13.6. The van der Waals surface area contributed by atoms with Crippen molar-refractivity contribution in [1.82, 2.24) is 15.5 Å². The normalized spacial score (nSPS) is 28.9. The van der Waals surface area contributed by atoms with Crippen molar-refractivity contribution in [1.29, 1.82) is 0 Å². The predicted molar refractivity (Wildman–Crippen MR) is 114 cm³/mol. The topological polar surface area (TPSA) is 110 Å². The molecule has 0 aromatic carbocycles. The summed E-state index contributed by atoms with van der Waals surface area (Å²) in [6.07, 6.45) is 8.12. The summed E-state index contributed by atoms with van der Waals surface area (Å²) in [6.45, 7) is 2.02. The fraction of sp³-hybridized carbons (Fsp3) is 0.750. The number of ether oxygens (including phenoxy) is 1. The Labute approximate surface area is 184 Å². The van der Waals surface area contributed by atoms with Gasteiger partial charge >= 0.3 is 5.97 Å². The molecule has 0 aliphatic heterocycles. The Morgan fingerprint density at radius 3 is 2.40 bits per heavy atom. The van der Waals surface area contributed by atoms with Crippen molar-refractivity contribution in [3.63, 3.8) is 0 Å². The van der Waals surface area contributed by atoms with E-state index in [1.807, 2.05) is 0 Å². The van der Waals surface area contributed by atoms with E-state index >= 15 is 0 Å². The lowest BCUT2D eigenvalue weighted by Crippen LogP contribution is -2.48. The van der Waals surface area contributed by atoms with Crippen molar-refractivity contribution in [3.8, 4) is 0 Å². The first-order valence-electron chi connectivity index (χ1n) is 10.6. The van der Waals surface area contributed by atoms with Crippen LogP contribution in [0.25, 0.3) is 0 Å². The zero-order valence-corrected chi connectivity index (χ0v) is 18.8. The van der Waals surface area contributed by atoms with Gasteiger partial charge in [-0.25, -0.2) is 0 Å². The molecule has 0 unspecified atom stereocenters. The highest BCUT2D eigenvalue weighted by atomic mass is 32.2. The van der Waals surface area contributed by atoms with Gasteiger partial charge in [-0.1, -0.05) is 23.1 Å². The molecule has 4 fully saturated rings. The van der Waals surface area contributed by atoms with E-state index in [1.165, 1.54) is 61.6 Å². The van der Waals surface area contributed by atoms with Crippen LogP contribution in [0, 0.1) is 23.2 Å². The minimum Gasteiger partial charge on any atom is -0.465 e. The van der Waals surface area contributed by atoms with Crippen LogP contribution in [-0.2, 0) is 19.1 Å². The van der Waals surface area contributed by atoms with Crippen LogP contribution in [-0.4, -0.2) is 46.9 Å². The van der Waals surface area contributed by atoms with Gasteiger partial charge in [-0.2, -0.15) is 0 Å². The third kappa shape index (κ3) is 5.32. The molecule has 164 valence electrons. The van der Waals surface area contributed by atoms with Gasteiger partial charge in [-0.3, -0.25) is 19.7 Å². The van der Waals surface area contributed by atoms with Crippen LogP contribution in [0.1, 0.15) is 51.9 Å². The summed E-state index contributed by atoms with van der Waals surface area (Å²) in [7, 11) is 0. The van der Waals surface area contributed by atoms with E-state index in [2.05, 4.69) is 20.8 Å². The SMILES string of the molecule is CCOC(=O)CSc1nnc(NC(=O)CNC(=O)CC23CC4CC(CC(C4)C2)C3)s1. The molecule has 10 heteroatoms. The largest absolute Gasteiger partial charge is 0.465 e. The fourth-order valence-corrected chi connectivity index (χ4v) is 7.46.